The Balaban J connectivity index is 1.53. The van der Waals surface area contributed by atoms with E-state index in [4.69, 9.17) is 14.9 Å². The van der Waals surface area contributed by atoms with Crippen LogP contribution in [-0.4, -0.2) is 28.5 Å². The van der Waals surface area contributed by atoms with Crippen LogP contribution in [0.25, 0.3) is 23.0 Å². The van der Waals surface area contributed by atoms with E-state index in [0.717, 1.165) is 39.4 Å². The minimum atomic E-state index is -0.190. The molecule has 6 rings (SSSR count). The summed E-state index contributed by atoms with van der Waals surface area (Å²) in [7, 11) is 1.66. The lowest BCUT2D eigenvalue weighted by atomic mass is 9.98. The molecule has 2 heterocycles. The Kier molecular flexibility index (Phi) is 6.35. The number of aromatic nitrogens is 2. The molecule has 0 saturated heterocycles. The monoisotopic (exact) mass is 510 g/mol. The van der Waals surface area contributed by atoms with E-state index >= 15 is 0 Å². The van der Waals surface area contributed by atoms with Gasteiger partial charge in [-0.2, -0.15) is 15.2 Å². The van der Waals surface area contributed by atoms with Crippen molar-refractivity contribution in [2.45, 2.75) is 6.92 Å². The van der Waals surface area contributed by atoms with Crippen LogP contribution in [0, 0.1) is 6.92 Å². The maximum Gasteiger partial charge on any atom is 0.281 e. The zero-order valence-electron chi connectivity index (χ0n) is 21.7. The van der Waals surface area contributed by atoms with Crippen molar-refractivity contribution in [1.82, 2.24) is 9.78 Å². The molecule has 6 nitrogen and oxygen atoms in total. The van der Waals surface area contributed by atoms with Gasteiger partial charge < -0.3 is 4.74 Å². The highest BCUT2D eigenvalue weighted by molar-refractivity contribution is 6.37. The molecule has 0 spiro atoms. The van der Waals surface area contributed by atoms with Gasteiger partial charge in [-0.25, -0.2) is 4.68 Å². The van der Waals surface area contributed by atoms with Crippen LogP contribution in [0.4, 0.5) is 5.69 Å². The van der Waals surface area contributed by atoms with Crippen LogP contribution >= 0.6 is 0 Å². The lowest BCUT2D eigenvalue weighted by Crippen LogP contribution is -2.21. The van der Waals surface area contributed by atoms with Crippen molar-refractivity contribution < 1.29 is 9.53 Å². The number of hydrogen-bond acceptors (Lipinski definition) is 4. The molecule has 190 valence electrons. The molecule has 0 bridgehead atoms. The van der Waals surface area contributed by atoms with Crippen molar-refractivity contribution in [2.75, 3.05) is 12.1 Å². The molecule has 5 aromatic rings. The summed E-state index contributed by atoms with van der Waals surface area (Å²) in [5.41, 5.74) is 7.20. The summed E-state index contributed by atoms with van der Waals surface area (Å²) in [4.78, 5) is 13.9. The molecular weight excluding hydrogens is 484 g/mol. The largest absolute Gasteiger partial charge is 0.497 e. The highest BCUT2D eigenvalue weighted by atomic mass is 16.5. The number of methoxy groups -OCH3 is 1. The van der Waals surface area contributed by atoms with Gasteiger partial charge in [-0.05, 0) is 61.0 Å². The molecule has 1 aliphatic rings. The molecule has 0 aliphatic carbocycles. The summed E-state index contributed by atoms with van der Waals surface area (Å²) >= 11 is 0. The Hall–Kier alpha value is -5.23. The number of anilines is 1. The SMILES string of the molecule is COc1ccc(-c2nn(-c3ccccc3)cc2/C=C2\C(=O)N(c3ccccc3)N=C2c2ccccc2)c(C)c1. The number of amides is 1. The van der Waals surface area contributed by atoms with E-state index in [2.05, 4.69) is 0 Å². The number of rotatable bonds is 6. The number of para-hydroxylation sites is 2. The van der Waals surface area contributed by atoms with Crippen molar-refractivity contribution in [3.05, 3.63) is 138 Å². The number of aryl methyl sites for hydroxylation is 1. The maximum absolute atomic E-state index is 13.9. The van der Waals surface area contributed by atoms with Gasteiger partial charge in [0.15, 0.2) is 0 Å². The number of hydrogen-bond donors (Lipinski definition) is 0. The van der Waals surface area contributed by atoms with Gasteiger partial charge in [-0.1, -0.05) is 66.7 Å². The normalized spacial score (nSPS) is 14.1. The fourth-order valence-electron chi connectivity index (χ4n) is 4.70. The molecule has 0 saturated carbocycles. The van der Waals surface area contributed by atoms with Crippen LogP contribution in [0.1, 0.15) is 16.7 Å². The summed E-state index contributed by atoms with van der Waals surface area (Å²) < 4.78 is 7.27. The Bertz CT molecular complexity index is 1710. The lowest BCUT2D eigenvalue weighted by Gasteiger charge is -2.11. The van der Waals surface area contributed by atoms with E-state index in [0.29, 0.717) is 17.0 Å². The Morgan fingerprint density at radius 2 is 1.44 bits per heavy atom. The van der Waals surface area contributed by atoms with Gasteiger partial charge in [0.1, 0.15) is 17.2 Å². The van der Waals surface area contributed by atoms with Crippen molar-refractivity contribution in [2.24, 2.45) is 5.10 Å². The summed E-state index contributed by atoms with van der Waals surface area (Å²) in [6, 6.07) is 35.1. The van der Waals surface area contributed by atoms with Crippen LogP contribution in [0.3, 0.4) is 0 Å². The minimum Gasteiger partial charge on any atom is -0.497 e. The van der Waals surface area contributed by atoms with E-state index in [1.54, 1.807) is 7.11 Å². The topological polar surface area (TPSA) is 59.7 Å². The number of nitrogens with zero attached hydrogens (tertiary/aromatic N) is 4. The van der Waals surface area contributed by atoms with Crippen molar-refractivity contribution in [3.63, 3.8) is 0 Å². The second-order valence-electron chi connectivity index (χ2n) is 9.22. The summed E-state index contributed by atoms with van der Waals surface area (Å²) in [6.07, 6.45) is 3.87. The number of ether oxygens (including phenoxy) is 1. The third kappa shape index (κ3) is 4.64. The zero-order valence-corrected chi connectivity index (χ0v) is 21.7. The molecule has 0 radical (unpaired) electrons. The van der Waals surface area contributed by atoms with E-state index in [1.807, 2.05) is 133 Å². The zero-order chi connectivity index (χ0) is 26.8. The Morgan fingerprint density at radius 1 is 0.795 bits per heavy atom. The quantitative estimate of drug-likeness (QED) is 0.239. The molecule has 0 atom stereocenters. The average molecular weight is 511 g/mol. The van der Waals surface area contributed by atoms with Gasteiger partial charge in [0.05, 0.1) is 24.1 Å². The predicted octanol–water partition coefficient (Wildman–Crippen LogP) is 6.69. The molecule has 1 aromatic heterocycles. The molecule has 1 aliphatic heterocycles. The fourth-order valence-corrected chi connectivity index (χ4v) is 4.70. The van der Waals surface area contributed by atoms with Gasteiger partial charge in [0, 0.05) is 22.9 Å². The van der Waals surface area contributed by atoms with Gasteiger partial charge in [-0.3, -0.25) is 4.79 Å². The molecular formula is C33H26N4O2. The summed E-state index contributed by atoms with van der Waals surface area (Å²) in [5, 5.41) is 11.2. The molecule has 4 aromatic carbocycles. The average Bonchev–Trinajstić information content (AvgIpc) is 3.55. The first kappa shape index (κ1) is 24.1. The van der Waals surface area contributed by atoms with E-state index < -0.39 is 0 Å². The first-order valence-corrected chi connectivity index (χ1v) is 12.7. The van der Waals surface area contributed by atoms with Crippen molar-refractivity contribution in [3.8, 4) is 22.7 Å². The number of benzene rings is 4. The number of carbonyl (C=O) groups excluding carboxylic acids is 1. The standard InChI is InChI=1S/C33H26N4O2/c1-23-20-28(39-2)18-19-29(23)32-25(22-36(34-32)26-14-8-4-9-15-26)21-30-31(24-12-6-3-7-13-24)35-37(33(30)38)27-16-10-5-11-17-27/h3-22H,1-2H3/b30-21-. The van der Waals surface area contributed by atoms with Crippen LogP contribution in [0.2, 0.25) is 0 Å². The second-order valence-corrected chi connectivity index (χ2v) is 9.22. The lowest BCUT2D eigenvalue weighted by molar-refractivity contribution is -0.114. The smallest absolute Gasteiger partial charge is 0.281 e. The Morgan fingerprint density at radius 3 is 2.08 bits per heavy atom. The summed E-state index contributed by atoms with van der Waals surface area (Å²) in [6.45, 7) is 2.03. The van der Waals surface area contributed by atoms with Crippen LogP contribution < -0.4 is 9.75 Å². The van der Waals surface area contributed by atoms with Crippen molar-refractivity contribution in [1.29, 1.82) is 0 Å². The third-order valence-corrected chi connectivity index (χ3v) is 6.68. The van der Waals surface area contributed by atoms with E-state index in [9.17, 15) is 4.79 Å². The molecule has 0 fully saturated rings. The molecule has 0 N–H and O–H groups in total. The van der Waals surface area contributed by atoms with Gasteiger partial charge in [0.25, 0.3) is 5.91 Å². The molecule has 6 heteroatoms. The first-order valence-electron chi connectivity index (χ1n) is 12.7. The number of hydrazone groups is 1. The van der Waals surface area contributed by atoms with Gasteiger partial charge in [0.2, 0.25) is 0 Å². The summed E-state index contributed by atoms with van der Waals surface area (Å²) in [5.74, 6) is 0.589. The number of carbonyl (C=O) groups is 1. The molecule has 0 unspecified atom stereocenters. The first-order chi connectivity index (χ1) is 19.1. The fraction of sp³-hybridized carbons (Fsp3) is 0.0606. The van der Waals surface area contributed by atoms with Crippen LogP contribution in [-0.2, 0) is 4.79 Å². The van der Waals surface area contributed by atoms with Gasteiger partial charge in [-0.15, -0.1) is 0 Å². The highest BCUT2D eigenvalue weighted by Gasteiger charge is 2.32. The second kappa shape index (κ2) is 10.3. The van der Waals surface area contributed by atoms with Crippen LogP contribution in [0.15, 0.2) is 126 Å². The molecule has 1 amide bonds. The van der Waals surface area contributed by atoms with Crippen LogP contribution in [0.5, 0.6) is 5.75 Å². The molecule has 39 heavy (non-hydrogen) atoms. The Labute approximate surface area is 227 Å². The third-order valence-electron chi connectivity index (χ3n) is 6.68. The van der Waals surface area contributed by atoms with E-state index in [1.165, 1.54) is 5.01 Å². The maximum atomic E-state index is 13.9. The highest BCUT2D eigenvalue weighted by Crippen LogP contribution is 2.33. The minimum absolute atomic E-state index is 0.190. The van der Waals surface area contributed by atoms with Crippen molar-refractivity contribution >= 4 is 23.4 Å². The van der Waals surface area contributed by atoms with E-state index in [-0.39, 0.29) is 5.91 Å². The predicted molar refractivity (Wildman–Crippen MR) is 155 cm³/mol. The van der Waals surface area contributed by atoms with Gasteiger partial charge >= 0.3 is 0 Å².